The summed E-state index contributed by atoms with van der Waals surface area (Å²) >= 11 is 0. The van der Waals surface area contributed by atoms with E-state index < -0.39 is 5.97 Å². The molecule has 3 heteroatoms. The molecule has 0 aliphatic rings. The molecule has 0 amide bonds. The summed E-state index contributed by atoms with van der Waals surface area (Å²) in [4.78, 5) is 12.7. The lowest BCUT2D eigenvalue weighted by molar-refractivity contribution is 0.0729. The van der Waals surface area contributed by atoms with E-state index in [0.29, 0.717) is 23.7 Å². The van der Waals surface area contributed by atoms with Crippen LogP contribution in [-0.2, 0) is 6.42 Å². The molecule has 29 heavy (non-hydrogen) atoms. The van der Waals surface area contributed by atoms with Gasteiger partial charge >= 0.3 is 5.97 Å². The second-order valence-corrected chi connectivity index (χ2v) is 7.32. The average Bonchev–Trinajstić information content (AvgIpc) is 2.75. The van der Waals surface area contributed by atoms with Gasteiger partial charge in [0, 0.05) is 0 Å². The summed E-state index contributed by atoms with van der Waals surface area (Å²) in [6.07, 6.45) is 12.8. The van der Waals surface area contributed by atoms with Crippen molar-refractivity contribution in [3.8, 4) is 11.5 Å². The topological polar surface area (TPSA) is 35.5 Å². The van der Waals surface area contributed by atoms with E-state index in [1.165, 1.54) is 44.9 Å². The number of esters is 1. The van der Waals surface area contributed by atoms with Gasteiger partial charge < -0.3 is 9.47 Å². The number of carbonyl (C=O) groups excluding carboxylic acids is 1. The predicted octanol–water partition coefficient (Wildman–Crippen LogP) is 7.15. The fraction of sp³-hybridized carbons (Fsp3) is 0.423. The molecule has 0 radical (unpaired) electrons. The van der Waals surface area contributed by atoms with E-state index >= 15 is 0 Å². The third kappa shape index (κ3) is 8.15. The number of rotatable bonds is 14. The van der Waals surface area contributed by atoms with Crippen LogP contribution in [0.3, 0.4) is 0 Å². The molecular weight excluding hydrogens is 360 g/mol. The van der Waals surface area contributed by atoms with E-state index in [4.69, 9.17) is 9.47 Å². The molecule has 2 rings (SSSR count). The van der Waals surface area contributed by atoms with Crippen molar-refractivity contribution < 1.29 is 14.3 Å². The smallest absolute Gasteiger partial charge is 0.347 e. The molecule has 0 fully saturated rings. The van der Waals surface area contributed by atoms with Crippen LogP contribution in [0.1, 0.15) is 74.2 Å². The monoisotopic (exact) mass is 394 g/mol. The zero-order chi connectivity index (χ0) is 20.7. The predicted molar refractivity (Wildman–Crippen MR) is 120 cm³/mol. The van der Waals surface area contributed by atoms with Crippen LogP contribution in [0.2, 0.25) is 0 Å². The van der Waals surface area contributed by atoms with E-state index in [0.717, 1.165) is 18.4 Å². The van der Waals surface area contributed by atoms with Gasteiger partial charge in [0.25, 0.3) is 0 Å². The van der Waals surface area contributed by atoms with Crippen LogP contribution in [0.15, 0.2) is 61.2 Å². The lowest BCUT2D eigenvalue weighted by atomic mass is 10.0. The Bertz CT molecular complexity index is 751. The normalized spacial score (nSPS) is 10.5. The van der Waals surface area contributed by atoms with Crippen LogP contribution in [0.25, 0.3) is 0 Å². The zero-order valence-corrected chi connectivity index (χ0v) is 17.7. The fourth-order valence-corrected chi connectivity index (χ4v) is 3.32. The molecule has 2 aromatic rings. The van der Waals surface area contributed by atoms with Crippen LogP contribution in [-0.4, -0.2) is 12.6 Å². The molecule has 0 aliphatic heterocycles. The molecule has 0 aromatic heterocycles. The van der Waals surface area contributed by atoms with Gasteiger partial charge in [-0.15, -0.1) is 0 Å². The molecule has 2 aromatic carbocycles. The second-order valence-electron chi connectivity index (χ2n) is 7.32. The highest BCUT2D eigenvalue weighted by Crippen LogP contribution is 2.25. The second kappa shape index (κ2) is 13.6. The van der Waals surface area contributed by atoms with Crippen LogP contribution in [0, 0.1) is 0 Å². The lowest BCUT2D eigenvalue weighted by Crippen LogP contribution is -2.12. The number of ether oxygens (including phenoxy) is 2. The molecule has 0 aliphatic carbocycles. The van der Waals surface area contributed by atoms with Gasteiger partial charge in [-0.1, -0.05) is 94.9 Å². The highest BCUT2D eigenvalue weighted by atomic mass is 16.5. The Morgan fingerprint density at radius 1 is 0.862 bits per heavy atom. The number of hydrogen-bond donors (Lipinski definition) is 0. The molecule has 156 valence electrons. The Balaban J connectivity index is 1.89. The third-order valence-electron chi connectivity index (χ3n) is 4.94. The summed E-state index contributed by atoms with van der Waals surface area (Å²) in [6, 6.07) is 15.0. The molecule has 0 unspecified atom stereocenters. The summed E-state index contributed by atoms with van der Waals surface area (Å²) < 4.78 is 11.3. The van der Waals surface area contributed by atoms with Crippen LogP contribution in [0.4, 0.5) is 0 Å². The maximum atomic E-state index is 12.7. The Hall–Kier alpha value is -2.55. The van der Waals surface area contributed by atoms with Gasteiger partial charge in [0.15, 0.2) is 0 Å². The minimum absolute atomic E-state index is 0.347. The maximum absolute atomic E-state index is 12.7. The van der Waals surface area contributed by atoms with Gasteiger partial charge in [-0.05, 0) is 36.6 Å². The Labute approximate surface area is 175 Å². The first-order chi connectivity index (χ1) is 14.3. The van der Waals surface area contributed by atoms with Crippen molar-refractivity contribution in [3.05, 3.63) is 72.3 Å². The molecule has 0 bridgehead atoms. The molecule has 0 atom stereocenters. The van der Waals surface area contributed by atoms with Crippen LogP contribution in [0.5, 0.6) is 11.5 Å². The first kappa shape index (κ1) is 22.7. The molecular formula is C26H34O3. The highest BCUT2D eigenvalue weighted by Gasteiger charge is 2.16. The minimum atomic E-state index is -0.395. The molecule has 0 saturated heterocycles. The standard InChI is InChI=1S/C26H34O3/c1-3-5-6-7-8-9-10-11-16-22-17-12-14-19-24(22)29-26(27)23-18-13-15-20-25(23)28-21-4-2/h4,12-15,17-20H,2-3,5-11,16,21H2,1H3. The highest BCUT2D eigenvalue weighted by molar-refractivity contribution is 5.94. The van der Waals surface area contributed by atoms with E-state index in [1.807, 2.05) is 36.4 Å². The Kier molecular flexibility index (Phi) is 10.7. The van der Waals surface area contributed by atoms with Crippen molar-refractivity contribution in [2.24, 2.45) is 0 Å². The first-order valence-corrected chi connectivity index (χ1v) is 10.9. The minimum Gasteiger partial charge on any atom is -0.489 e. The maximum Gasteiger partial charge on any atom is 0.347 e. The molecule has 0 saturated carbocycles. The van der Waals surface area contributed by atoms with Gasteiger partial charge in [-0.25, -0.2) is 4.79 Å². The van der Waals surface area contributed by atoms with Gasteiger partial charge in [0.2, 0.25) is 0 Å². The lowest BCUT2D eigenvalue weighted by Gasteiger charge is -2.12. The van der Waals surface area contributed by atoms with Gasteiger partial charge in [0.05, 0.1) is 0 Å². The van der Waals surface area contributed by atoms with Crippen molar-refractivity contribution in [2.45, 2.75) is 64.7 Å². The van der Waals surface area contributed by atoms with Gasteiger partial charge in [-0.3, -0.25) is 0 Å². The van der Waals surface area contributed by atoms with Gasteiger partial charge in [0.1, 0.15) is 23.7 Å². The average molecular weight is 395 g/mol. The van der Waals surface area contributed by atoms with E-state index in [9.17, 15) is 4.79 Å². The summed E-state index contributed by atoms with van der Waals surface area (Å²) in [5, 5.41) is 0. The van der Waals surface area contributed by atoms with Gasteiger partial charge in [-0.2, -0.15) is 0 Å². The summed E-state index contributed by atoms with van der Waals surface area (Å²) in [7, 11) is 0. The SMILES string of the molecule is C=CCOc1ccccc1C(=O)Oc1ccccc1CCCCCCCCCC. The molecule has 3 nitrogen and oxygen atoms in total. The number of unbranched alkanes of at least 4 members (excludes halogenated alkanes) is 7. The first-order valence-electron chi connectivity index (χ1n) is 10.9. The van der Waals surface area contributed by atoms with Crippen molar-refractivity contribution >= 4 is 5.97 Å². The zero-order valence-electron chi connectivity index (χ0n) is 17.7. The van der Waals surface area contributed by atoms with Crippen molar-refractivity contribution in [1.29, 1.82) is 0 Å². The fourth-order valence-electron chi connectivity index (χ4n) is 3.32. The van der Waals surface area contributed by atoms with Crippen LogP contribution >= 0.6 is 0 Å². The van der Waals surface area contributed by atoms with Crippen LogP contribution < -0.4 is 9.47 Å². The van der Waals surface area contributed by atoms with Crippen molar-refractivity contribution in [3.63, 3.8) is 0 Å². The Morgan fingerprint density at radius 3 is 2.21 bits per heavy atom. The largest absolute Gasteiger partial charge is 0.489 e. The summed E-state index contributed by atoms with van der Waals surface area (Å²) in [5.74, 6) is 0.755. The summed E-state index contributed by atoms with van der Waals surface area (Å²) in [6.45, 7) is 6.24. The third-order valence-corrected chi connectivity index (χ3v) is 4.94. The molecule has 0 N–H and O–H groups in total. The quantitative estimate of drug-likeness (QED) is 0.148. The number of hydrogen-bond acceptors (Lipinski definition) is 3. The van der Waals surface area contributed by atoms with E-state index in [-0.39, 0.29) is 0 Å². The molecule has 0 heterocycles. The summed E-state index contributed by atoms with van der Waals surface area (Å²) in [5.41, 5.74) is 1.51. The van der Waals surface area contributed by atoms with Crippen molar-refractivity contribution in [1.82, 2.24) is 0 Å². The number of para-hydroxylation sites is 2. The number of benzene rings is 2. The van der Waals surface area contributed by atoms with E-state index in [2.05, 4.69) is 13.5 Å². The Morgan fingerprint density at radius 2 is 1.48 bits per heavy atom. The number of carbonyl (C=O) groups is 1. The number of aryl methyl sites for hydroxylation is 1. The van der Waals surface area contributed by atoms with E-state index in [1.54, 1.807) is 18.2 Å². The van der Waals surface area contributed by atoms with Crippen molar-refractivity contribution in [2.75, 3.05) is 6.61 Å². The molecule has 0 spiro atoms.